The summed E-state index contributed by atoms with van der Waals surface area (Å²) in [5.41, 5.74) is 0.900. The van der Waals surface area contributed by atoms with Gasteiger partial charge in [-0.25, -0.2) is 0 Å². The van der Waals surface area contributed by atoms with Crippen molar-refractivity contribution in [3.8, 4) is 11.5 Å². The van der Waals surface area contributed by atoms with Gasteiger partial charge in [0.25, 0.3) is 0 Å². The quantitative estimate of drug-likeness (QED) is 0.761. The zero-order valence-electron chi connectivity index (χ0n) is 12.3. The van der Waals surface area contributed by atoms with Gasteiger partial charge in [-0.15, -0.1) is 0 Å². The summed E-state index contributed by atoms with van der Waals surface area (Å²) >= 11 is 0. The summed E-state index contributed by atoms with van der Waals surface area (Å²) in [4.78, 5) is 11.8. The third kappa shape index (κ3) is 5.09. The average Bonchev–Trinajstić information content (AvgIpc) is 2.45. The monoisotopic (exact) mass is 281 g/mol. The molecule has 2 N–H and O–H groups in total. The first-order valence-electron chi connectivity index (χ1n) is 6.69. The van der Waals surface area contributed by atoms with Gasteiger partial charge in [-0.05, 0) is 24.5 Å². The van der Waals surface area contributed by atoms with E-state index in [1.807, 2.05) is 19.1 Å². The molecular formula is C15H23NO4. The largest absolute Gasteiger partial charge is 0.497 e. The first-order chi connectivity index (χ1) is 9.60. The molecule has 0 spiro atoms. The molecule has 0 aromatic heterocycles. The maximum Gasteiger partial charge on any atom is 0.220 e. The first-order valence-corrected chi connectivity index (χ1v) is 6.69. The Morgan fingerprint density at radius 2 is 2.10 bits per heavy atom. The fourth-order valence-electron chi connectivity index (χ4n) is 1.90. The van der Waals surface area contributed by atoms with E-state index in [1.54, 1.807) is 20.3 Å². The molecule has 0 fully saturated rings. The number of ether oxygens (including phenoxy) is 2. The summed E-state index contributed by atoms with van der Waals surface area (Å²) in [5, 5.41) is 11.7. The highest BCUT2D eigenvalue weighted by Crippen LogP contribution is 2.24. The van der Waals surface area contributed by atoms with Crippen LogP contribution < -0.4 is 14.8 Å². The second-order valence-electron chi connectivity index (χ2n) is 4.78. The van der Waals surface area contributed by atoms with Gasteiger partial charge in [0.05, 0.1) is 14.2 Å². The summed E-state index contributed by atoms with van der Waals surface area (Å²) in [6.45, 7) is 2.47. The van der Waals surface area contributed by atoms with E-state index >= 15 is 0 Å². The Hall–Kier alpha value is -1.75. The molecule has 0 saturated carbocycles. The average molecular weight is 281 g/mol. The number of hydrogen-bond donors (Lipinski definition) is 2. The molecule has 0 heterocycles. The van der Waals surface area contributed by atoms with Crippen LogP contribution in [-0.2, 0) is 11.3 Å². The Morgan fingerprint density at radius 1 is 1.35 bits per heavy atom. The molecule has 5 nitrogen and oxygen atoms in total. The van der Waals surface area contributed by atoms with E-state index in [2.05, 4.69) is 5.32 Å². The lowest BCUT2D eigenvalue weighted by Gasteiger charge is -2.13. The van der Waals surface area contributed by atoms with Crippen molar-refractivity contribution >= 4 is 5.91 Å². The molecule has 0 radical (unpaired) electrons. The van der Waals surface area contributed by atoms with Crippen LogP contribution in [0.2, 0.25) is 0 Å². The third-order valence-corrected chi connectivity index (χ3v) is 3.13. The molecule has 1 amide bonds. The molecule has 112 valence electrons. The third-order valence-electron chi connectivity index (χ3n) is 3.13. The van der Waals surface area contributed by atoms with Crippen molar-refractivity contribution in [3.63, 3.8) is 0 Å². The molecule has 0 aliphatic rings. The van der Waals surface area contributed by atoms with Crippen LogP contribution >= 0.6 is 0 Å². The van der Waals surface area contributed by atoms with Crippen molar-refractivity contribution in [2.24, 2.45) is 5.92 Å². The number of carbonyl (C=O) groups excluding carboxylic acids is 1. The molecule has 1 aromatic rings. The first kappa shape index (κ1) is 16.3. The van der Waals surface area contributed by atoms with E-state index in [1.165, 1.54) is 0 Å². The molecular weight excluding hydrogens is 258 g/mol. The Bertz CT molecular complexity index is 434. The van der Waals surface area contributed by atoms with Crippen LogP contribution in [-0.4, -0.2) is 31.8 Å². The molecule has 1 aromatic carbocycles. The van der Waals surface area contributed by atoms with Crippen molar-refractivity contribution in [2.75, 3.05) is 20.8 Å². The lowest BCUT2D eigenvalue weighted by atomic mass is 10.0. The topological polar surface area (TPSA) is 67.8 Å². The van der Waals surface area contributed by atoms with Crippen LogP contribution in [0.3, 0.4) is 0 Å². The SMILES string of the molecule is COc1ccc(CNC(=O)C[C@H](C)CCO)c(OC)c1. The smallest absolute Gasteiger partial charge is 0.220 e. The molecule has 1 rings (SSSR count). The van der Waals surface area contributed by atoms with Crippen LogP contribution in [0.5, 0.6) is 11.5 Å². The molecule has 0 unspecified atom stereocenters. The van der Waals surface area contributed by atoms with Crippen LogP contribution in [0.4, 0.5) is 0 Å². The number of carbonyl (C=O) groups is 1. The Balaban J connectivity index is 2.54. The normalized spacial score (nSPS) is 11.8. The van der Waals surface area contributed by atoms with Gasteiger partial charge in [-0.3, -0.25) is 4.79 Å². The van der Waals surface area contributed by atoms with Gasteiger partial charge in [0.2, 0.25) is 5.91 Å². The van der Waals surface area contributed by atoms with Gasteiger partial charge >= 0.3 is 0 Å². The maximum atomic E-state index is 11.8. The fraction of sp³-hybridized carbons (Fsp3) is 0.533. The van der Waals surface area contributed by atoms with E-state index in [0.29, 0.717) is 30.9 Å². The molecule has 1 atom stereocenters. The number of aliphatic hydroxyl groups is 1. The summed E-state index contributed by atoms with van der Waals surface area (Å²) < 4.78 is 10.4. The second kappa shape index (κ2) is 8.43. The van der Waals surface area contributed by atoms with Gasteiger partial charge < -0.3 is 19.9 Å². The molecule has 20 heavy (non-hydrogen) atoms. The van der Waals surface area contributed by atoms with Crippen LogP contribution in [0.1, 0.15) is 25.3 Å². The van der Waals surface area contributed by atoms with Crippen LogP contribution in [0, 0.1) is 5.92 Å². The number of benzene rings is 1. The molecule has 0 aliphatic carbocycles. The molecule has 0 aliphatic heterocycles. The molecule has 0 saturated heterocycles. The highest BCUT2D eigenvalue weighted by Gasteiger charge is 2.10. The number of hydrogen-bond acceptors (Lipinski definition) is 4. The highest BCUT2D eigenvalue weighted by atomic mass is 16.5. The number of rotatable bonds is 8. The van der Waals surface area contributed by atoms with Gasteiger partial charge in [-0.1, -0.05) is 6.92 Å². The highest BCUT2D eigenvalue weighted by molar-refractivity contribution is 5.76. The van der Waals surface area contributed by atoms with E-state index in [9.17, 15) is 4.79 Å². The zero-order valence-corrected chi connectivity index (χ0v) is 12.3. The van der Waals surface area contributed by atoms with Crippen molar-refractivity contribution in [1.82, 2.24) is 5.32 Å². The van der Waals surface area contributed by atoms with Gasteiger partial charge in [0.15, 0.2) is 0 Å². The Morgan fingerprint density at radius 3 is 2.70 bits per heavy atom. The van der Waals surface area contributed by atoms with Crippen LogP contribution in [0.15, 0.2) is 18.2 Å². The molecule has 5 heteroatoms. The minimum atomic E-state index is -0.0242. The van der Waals surface area contributed by atoms with Crippen molar-refractivity contribution in [3.05, 3.63) is 23.8 Å². The maximum absolute atomic E-state index is 11.8. The van der Waals surface area contributed by atoms with Gasteiger partial charge in [0, 0.05) is 31.2 Å². The minimum Gasteiger partial charge on any atom is -0.497 e. The number of nitrogens with one attached hydrogen (secondary N) is 1. The zero-order chi connectivity index (χ0) is 15.0. The van der Waals surface area contributed by atoms with Crippen molar-refractivity contribution in [2.45, 2.75) is 26.3 Å². The van der Waals surface area contributed by atoms with E-state index in [4.69, 9.17) is 14.6 Å². The number of aliphatic hydroxyl groups excluding tert-OH is 1. The van der Waals surface area contributed by atoms with Crippen molar-refractivity contribution in [1.29, 1.82) is 0 Å². The lowest BCUT2D eigenvalue weighted by Crippen LogP contribution is -2.25. The minimum absolute atomic E-state index is 0.0242. The molecule has 0 bridgehead atoms. The number of amides is 1. The number of methoxy groups -OCH3 is 2. The predicted molar refractivity (Wildman–Crippen MR) is 76.9 cm³/mol. The second-order valence-corrected chi connectivity index (χ2v) is 4.78. The van der Waals surface area contributed by atoms with E-state index in [0.717, 1.165) is 5.56 Å². The summed E-state index contributed by atoms with van der Waals surface area (Å²) in [6.07, 6.45) is 1.05. The summed E-state index contributed by atoms with van der Waals surface area (Å²) in [5.74, 6) is 1.56. The Labute approximate surface area is 119 Å². The summed E-state index contributed by atoms with van der Waals surface area (Å²) in [6, 6.07) is 5.49. The standard InChI is InChI=1S/C15H23NO4/c1-11(6-7-17)8-15(18)16-10-12-4-5-13(19-2)9-14(12)20-3/h4-5,9,11,17H,6-8,10H2,1-3H3,(H,16,18)/t11-/m1/s1. The van der Waals surface area contributed by atoms with Gasteiger partial charge in [0.1, 0.15) is 11.5 Å². The van der Waals surface area contributed by atoms with E-state index in [-0.39, 0.29) is 18.4 Å². The Kier molecular flexibility index (Phi) is 6.87. The van der Waals surface area contributed by atoms with Crippen LogP contribution in [0.25, 0.3) is 0 Å². The summed E-state index contributed by atoms with van der Waals surface area (Å²) in [7, 11) is 3.18. The lowest BCUT2D eigenvalue weighted by molar-refractivity contribution is -0.122. The van der Waals surface area contributed by atoms with Crippen molar-refractivity contribution < 1.29 is 19.4 Å². The fourth-order valence-corrected chi connectivity index (χ4v) is 1.90. The van der Waals surface area contributed by atoms with E-state index < -0.39 is 0 Å². The van der Waals surface area contributed by atoms with Gasteiger partial charge in [-0.2, -0.15) is 0 Å². The predicted octanol–water partition coefficient (Wildman–Crippen LogP) is 1.73.